The zero-order valence-corrected chi connectivity index (χ0v) is 9.98. The maximum atomic E-state index is 5.99. The molecule has 0 aromatic carbocycles. The van der Waals surface area contributed by atoms with Crippen LogP contribution < -0.4 is 5.73 Å². The fourth-order valence-corrected chi connectivity index (χ4v) is 0.667. The Bertz CT molecular complexity index is 147. The summed E-state index contributed by atoms with van der Waals surface area (Å²) >= 11 is 0. The monoisotopic (exact) mass is 187 g/mol. The predicted octanol–water partition coefficient (Wildman–Crippen LogP) is 2.57. The van der Waals surface area contributed by atoms with Gasteiger partial charge < -0.3 is 10.5 Å². The second-order valence-corrected chi connectivity index (χ2v) is 5.40. The molecule has 0 aliphatic rings. The first kappa shape index (κ1) is 12.9. The van der Waals surface area contributed by atoms with Crippen LogP contribution in [0.2, 0.25) is 0 Å². The number of rotatable bonds is 4. The van der Waals surface area contributed by atoms with Crippen molar-refractivity contribution in [1.29, 1.82) is 0 Å². The fraction of sp³-hybridized carbons (Fsp3) is 1.00. The van der Waals surface area contributed by atoms with E-state index in [1.807, 2.05) is 0 Å². The quantitative estimate of drug-likeness (QED) is 0.734. The van der Waals surface area contributed by atoms with E-state index in [0.29, 0.717) is 6.61 Å². The van der Waals surface area contributed by atoms with E-state index < -0.39 is 0 Å². The molecule has 0 saturated heterocycles. The molecule has 80 valence electrons. The molecule has 0 spiro atoms. The standard InChI is InChI=1S/C11H25NO/c1-7-11(5,6)13-8-9(12)10(2,3)4/h9H,7-8,12H2,1-6H3. The van der Waals surface area contributed by atoms with E-state index in [2.05, 4.69) is 41.5 Å². The van der Waals surface area contributed by atoms with Gasteiger partial charge in [0.15, 0.2) is 0 Å². The average Bonchev–Trinajstić information content (AvgIpc) is 1.98. The molecular formula is C11H25NO. The van der Waals surface area contributed by atoms with E-state index >= 15 is 0 Å². The molecule has 0 rings (SSSR count). The lowest BCUT2D eigenvalue weighted by molar-refractivity contribution is -0.0376. The molecular weight excluding hydrogens is 162 g/mol. The minimum Gasteiger partial charge on any atom is -0.374 e. The van der Waals surface area contributed by atoms with E-state index in [1.165, 1.54) is 0 Å². The summed E-state index contributed by atoms with van der Waals surface area (Å²) in [6.45, 7) is 13.4. The summed E-state index contributed by atoms with van der Waals surface area (Å²) in [7, 11) is 0. The molecule has 1 atom stereocenters. The number of hydrogen-bond acceptors (Lipinski definition) is 2. The fourth-order valence-electron chi connectivity index (χ4n) is 0.667. The van der Waals surface area contributed by atoms with Crippen LogP contribution in [0.25, 0.3) is 0 Å². The maximum Gasteiger partial charge on any atom is 0.0629 e. The largest absolute Gasteiger partial charge is 0.374 e. The van der Waals surface area contributed by atoms with Crippen LogP contribution in [0, 0.1) is 5.41 Å². The highest BCUT2D eigenvalue weighted by molar-refractivity contribution is 4.78. The van der Waals surface area contributed by atoms with Gasteiger partial charge in [-0.05, 0) is 25.7 Å². The zero-order valence-electron chi connectivity index (χ0n) is 9.98. The summed E-state index contributed by atoms with van der Waals surface area (Å²) in [6.07, 6.45) is 1.02. The topological polar surface area (TPSA) is 35.2 Å². The van der Waals surface area contributed by atoms with Crippen LogP contribution in [0.3, 0.4) is 0 Å². The van der Waals surface area contributed by atoms with Crippen molar-refractivity contribution in [2.75, 3.05) is 6.61 Å². The lowest BCUT2D eigenvalue weighted by Crippen LogP contribution is -2.41. The van der Waals surface area contributed by atoms with Crippen molar-refractivity contribution in [2.24, 2.45) is 11.1 Å². The van der Waals surface area contributed by atoms with E-state index in [9.17, 15) is 0 Å². The molecule has 0 bridgehead atoms. The van der Waals surface area contributed by atoms with Crippen molar-refractivity contribution >= 4 is 0 Å². The molecule has 0 fully saturated rings. The summed E-state index contributed by atoms with van der Waals surface area (Å²) in [5.41, 5.74) is 6.08. The number of hydrogen-bond donors (Lipinski definition) is 1. The van der Waals surface area contributed by atoms with E-state index in [-0.39, 0.29) is 17.1 Å². The average molecular weight is 187 g/mol. The molecule has 0 heterocycles. The predicted molar refractivity (Wildman–Crippen MR) is 57.8 cm³/mol. The summed E-state index contributed by atoms with van der Waals surface area (Å²) in [5, 5.41) is 0. The molecule has 0 aliphatic carbocycles. The van der Waals surface area contributed by atoms with E-state index in [4.69, 9.17) is 10.5 Å². The summed E-state index contributed by atoms with van der Waals surface area (Å²) in [6, 6.07) is 0.110. The molecule has 0 aromatic heterocycles. The minimum atomic E-state index is -0.0388. The van der Waals surface area contributed by atoms with Crippen LogP contribution >= 0.6 is 0 Å². The Morgan fingerprint density at radius 2 is 1.62 bits per heavy atom. The highest BCUT2D eigenvalue weighted by atomic mass is 16.5. The van der Waals surface area contributed by atoms with Crippen molar-refractivity contribution < 1.29 is 4.74 Å². The van der Waals surface area contributed by atoms with Crippen LogP contribution in [-0.4, -0.2) is 18.2 Å². The highest BCUT2D eigenvalue weighted by Crippen LogP contribution is 2.20. The van der Waals surface area contributed by atoms with Gasteiger partial charge in [0, 0.05) is 6.04 Å². The van der Waals surface area contributed by atoms with E-state index in [0.717, 1.165) is 6.42 Å². The molecule has 2 N–H and O–H groups in total. The van der Waals surface area contributed by atoms with Gasteiger partial charge in [-0.3, -0.25) is 0 Å². The first-order valence-electron chi connectivity index (χ1n) is 5.08. The normalized spacial score (nSPS) is 15.9. The van der Waals surface area contributed by atoms with Gasteiger partial charge in [-0.2, -0.15) is 0 Å². The maximum absolute atomic E-state index is 5.99. The summed E-state index contributed by atoms with van der Waals surface area (Å²) < 4.78 is 5.74. The third kappa shape index (κ3) is 5.27. The third-order valence-corrected chi connectivity index (χ3v) is 2.62. The van der Waals surface area contributed by atoms with Gasteiger partial charge in [-0.15, -0.1) is 0 Å². The molecule has 13 heavy (non-hydrogen) atoms. The van der Waals surface area contributed by atoms with Crippen LogP contribution in [0.1, 0.15) is 48.0 Å². The molecule has 0 amide bonds. The zero-order chi connectivity index (χ0) is 10.7. The number of ether oxygens (including phenoxy) is 1. The van der Waals surface area contributed by atoms with Crippen molar-refractivity contribution in [3.8, 4) is 0 Å². The van der Waals surface area contributed by atoms with Crippen molar-refractivity contribution in [3.63, 3.8) is 0 Å². The SMILES string of the molecule is CCC(C)(C)OCC(N)C(C)(C)C. The highest BCUT2D eigenvalue weighted by Gasteiger charge is 2.24. The van der Waals surface area contributed by atoms with Crippen LogP contribution in [0.4, 0.5) is 0 Å². The molecule has 0 aromatic rings. The lowest BCUT2D eigenvalue weighted by atomic mass is 9.88. The molecule has 0 aliphatic heterocycles. The molecule has 2 nitrogen and oxygen atoms in total. The number of nitrogens with two attached hydrogens (primary N) is 1. The Morgan fingerprint density at radius 1 is 1.15 bits per heavy atom. The van der Waals surface area contributed by atoms with Gasteiger partial charge in [0.05, 0.1) is 12.2 Å². The summed E-state index contributed by atoms with van der Waals surface area (Å²) in [4.78, 5) is 0. The second kappa shape index (κ2) is 4.43. The van der Waals surface area contributed by atoms with Gasteiger partial charge in [0.1, 0.15) is 0 Å². The van der Waals surface area contributed by atoms with Crippen LogP contribution in [-0.2, 0) is 4.74 Å². The van der Waals surface area contributed by atoms with Crippen LogP contribution in [0.5, 0.6) is 0 Å². The molecule has 1 unspecified atom stereocenters. The molecule has 2 heteroatoms. The van der Waals surface area contributed by atoms with Crippen LogP contribution in [0.15, 0.2) is 0 Å². The Hall–Kier alpha value is -0.0800. The molecule has 0 radical (unpaired) electrons. The van der Waals surface area contributed by atoms with E-state index in [1.54, 1.807) is 0 Å². The Balaban J connectivity index is 3.90. The summed E-state index contributed by atoms with van der Waals surface area (Å²) in [5.74, 6) is 0. The van der Waals surface area contributed by atoms with Gasteiger partial charge in [-0.1, -0.05) is 27.7 Å². The molecule has 0 saturated carbocycles. The first-order chi connectivity index (χ1) is 5.69. The second-order valence-electron chi connectivity index (χ2n) is 5.40. The lowest BCUT2D eigenvalue weighted by Gasteiger charge is -2.31. The third-order valence-electron chi connectivity index (χ3n) is 2.62. The first-order valence-corrected chi connectivity index (χ1v) is 5.08. The van der Waals surface area contributed by atoms with Gasteiger partial charge in [-0.25, -0.2) is 0 Å². The Kier molecular flexibility index (Phi) is 4.40. The van der Waals surface area contributed by atoms with Crippen molar-refractivity contribution in [2.45, 2.75) is 59.6 Å². The smallest absolute Gasteiger partial charge is 0.0629 e. The minimum absolute atomic E-state index is 0.0388. The van der Waals surface area contributed by atoms with Crippen molar-refractivity contribution in [1.82, 2.24) is 0 Å². The van der Waals surface area contributed by atoms with Gasteiger partial charge >= 0.3 is 0 Å². The Labute approximate surface area is 82.8 Å². The van der Waals surface area contributed by atoms with Gasteiger partial charge in [0.2, 0.25) is 0 Å². The van der Waals surface area contributed by atoms with Gasteiger partial charge in [0.25, 0.3) is 0 Å². The Morgan fingerprint density at radius 3 is 1.92 bits per heavy atom. The van der Waals surface area contributed by atoms with Crippen molar-refractivity contribution in [3.05, 3.63) is 0 Å².